The van der Waals surface area contributed by atoms with Gasteiger partial charge in [-0.2, -0.15) is 13.2 Å². The maximum Gasteiger partial charge on any atom is 0.416 e. The molecule has 26 heavy (non-hydrogen) atoms. The Labute approximate surface area is 149 Å². The predicted molar refractivity (Wildman–Crippen MR) is 91.3 cm³/mol. The highest BCUT2D eigenvalue weighted by Gasteiger charge is 2.31. The van der Waals surface area contributed by atoms with E-state index in [2.05, 4.69) is 20.6 Å². The molecule has 1 aliphatic heterocycles. The first-order chi connectivity index (χ1) is 12.3. The van der Waals surface area contributed by atoms with Crippen LogP contribution in [-0.4, -0.2) is 28.6 Å². The summed E-state index contributed by atoms with van der Waals surface area (Å²) in [4.78, 5) is 8.53. The quantitative estimate of drug-likeness (QED) is 0.796. The topological polar surface area (TPSA) is 49.8 Å². The van der Waals surface area contributed by atoms with Gasteiger partial charge in [0, 0.05) is 29.4 Å². The lowest BCUT2D eigenvalue weighted by molar-refractivity contribution is -0.137. The van der Waals surface area contributed by atoms with Crippen LogP contribution in [0.5, 0.6) is 0 Å². The fourth-order valence-electron chi connectivity index (χ4n) is 3.15. The molecule has 1 fully saturated rings. The van der Waals surface area contributed by atoms with E-state index in [1.807, 2.05) is 6.92 Å². The molecule has 2 heterocycles. The van der Waals surface area contributed by atoms with E-state index in [9.17, 15) is 17.6 Å². The molecule has 2 atom stereocenters. The lowest BCUT2D eigenvalue weighted by Gasteiger charge is -2.21. The van der Waals surface area contributed by atoms with E-state index in [-0.39, 0.29) is 11.6 Å². The van der Waals surface area contributed by atoms with Gasteiger partial charge in [0.25, 0.3) is 0 Å². The summed E-state index contributed by atoms with van der Waals surface area (Å²) in [6, 6.07) is 2.94. The predicted octanol–water partition coefficient (Wildman–Crippen LogP) is 4.16. The second kappa shape index (κ2) is 7.19. The summed E-state index contributed by atoms with van der Waals surface area (Å²) in [5, 5.41) is 6.61. The van der Waals surface area contributed by atoms with Crippen molar-refractivity contribution in [3.8, 4) is 11.1 Å². The van der Waals surface area contributed by atoms with Gasteiger partial charge in [-0.25, -0.2) is 14.4 Å². The van der Waals surface area contributed by atoms with Crippen molar-refractivity contribution < 1.29 is 17.6 Å². The molecule has 1 unspecified atom stereocenters. The molecule has 8 heteroatoms. The molecular formula is C18H20F4N4. The van der Waals surface area contributed by atoms with E-state index in [0.717, 1.165) is 31.5 Å². The molecular weight excluding hydrogens is 348 g/mol. The van der Waals surface area contributed by atoms with Gasteiger partial charge in [-0.1, -0.05) is 6.07 Å². The SMILES string of the molecule is Cc1nc(NC(C)[C@H]2CCCN2)ncc1-c1ccc(C(F)(F)F)cc1F. The number of rotatable bonds is 4. The molecule has 0 spiro atoms. The third kappa shape index (κ3) is 3.95. The molecule has 0 amide bonds. The first-order valence-electron chi connectivity index (χ1n) is 8.46. The van der Waals surface area contributed by atoms with Crippen molar-refractivity contribution in [2.24, 2.45) is 0 Å². The van der Waals surface area contributed by atoms with Gasteiger partial charge in [-0.3, -0.25) is 0 Å². The van der Waals surface area contributed by atoms with Crippen LogP contribution in [0.15, 0.2) is 24.4 Å². The van der Waals surface area contributed by atoms with Gasteiger partial charge in [0.2, 0.25) is 5.95 Å². The van der Waals surface area contributed by atoms with Gasteiger partial charge in [-0.05, 0) is 45.4 Å². The van der Waals surface area contributed by atoms with Crippen molar-refractivity contribution in [3.05, 3.63) is 41.5 Å². The Hall–Kier alpha value is -2.22. The highest BCUT2D eigenvalue weighted by atomic mass is 19.4. The van der Waals surface area contributed by atoms with E-state index in [1.54, 1.807) is 6.92 Å². The zero-order valence-corrected chi connectivity index (χ0v) is 14.5. The lowest BCUT2D eigenvalue weighted by atomic mass is 10.0. The number of alkyl halides is 3. The molecule has 1 aromatic carbocycles. The van der Waals surface area contributed by atoms with Crippen molar-refractivity contribution >= 4 is 5.95 Å². The molecule has 4 nitrogen and oxygen atoms in total. The van der Waals surface area contributed by atoms with Gasteiger partial charge >= 0.3 is 6.18 Å². The minimum absolute atomic E-state index is 0.0487. The van der Waals surface area contributed by atoms with Crippen molar-refractivity contribution in [2.75, 3.05) is 11.9 Å². The second-order valence-corrected chi connectivity index (χ2v) is 6.52. The van der Waals surface area contributed by atoms with Gasteiger partial charge in [-0.15, -0.1) is 0 Å². The Morgan fingerprint density at radius 3 is 2.62 bits per heavy atom. The Balaban J connectivity index is 1.81. The zero-order chi connectivity index (χ0) is 18.9. The molecule has 1 saturated heterocycles. The van der Waals surface area contributed by atoms with E-state index < -0.39 is 17.6 Å². The number of benzene rings is 1. The van der Waals surface area contributed by atoms with Crippen molar-refractivity contribution in [2.45, 2.75) is 44.9 Å². The fraction of sp³-hybridized carbons (Fsp3) is 0.444. The zero-order valence-electron chi connectivity index (χ0n) is 14.5. The maximum atomic E-state index is 14.2. The molecule has 1 aliphatic rings. The Morgan fingerprint density at radius 1 is 1.27 bits per heavy atom. The van der Waals surface area contributed by atoms with Gasteiger partial charge in [0.05, 0.1) is 11.3 Å². The summed E-state index contributed by atoms with van der Waals surface area (Å²) in [5.74, 6) is -0.532. The number of hydrogen-bond acceptors (Lipinski definition) is 4. The molecule has 0 saturated carbocycles. The molecule has 3 rings (SSSR count). The standard InChI is InChI=1S/C18H20F4N4/c1-10-14(13-6-5-12(8-15(13)19)18(20,21)22)9-24-17(25-10)26-11(2)16-4-3-7-23-16/h5-6,8-9,11,16,23H,3-4,7H2,1-2H3,(H,24,25,26)/t11?,16-/m1/s1. The molecule has 2 N–H and O–H groups in total. The number of halogens is 4. The van der Waals surface area contributed by atoms with Gasteiger partial charge < -0.3 is 10.6 Å². The average Bonchev–Trinajstić information content (AvgIpc) is 3.09. The molecule has 2 aromatic rings. The summed E-state index contributed by atoms with van der Waals surface area (Å²) in [5.41, 5.74) is -0.109. The largest absolute Gasteiger partial charge is 0.416 e. The highest BCUT2D eigenvalue weighted by molar-refractivity contribution is 5.66. The van der Waals surface area contributed by atoms with Crippen molar-refractivity contribution in [1.82, 2.24) is 15.3 Å². The van der Waals surface area contributed by atoms with E-state index in [4.69, 9.17) is 0 Å². The minimum Gasteiger partial charge on any atom is -0.350 e. The van der Waals surface area contributed by atoms with E-state index in [1.165, 1.54) is 6.20 Å². The summed E-state index contributed by atoms with van der Waals surface area (Å²) >= 11 is 0. The number of aromatic nitrogens is 2. The second-order valence-electron chi connectivity index (χ2n) is 6.52. The van der Waals surface area contributed by atoms with Crippen LogP contribution in [0, 0.1) is 12.7 Å². The van der Waals surface area contributed by atoms with Gasteiger partial charge in [0.1, 0.15) is 5.82 Å². The number of anilines is 1. The molecule has 0 radical (unpaired) electrons. The first-order valence-corrected chi connectivity index (χ1v) is 8.46. The third-order valence-corrected chi connectivity index (χ3v) is 4.62. The monoisotopic (exact) mass is 368 g/mol. The van der Waals surface area contributed by atoms with Crippen LogP contribution in [0.3, 0.4) is 0 Å². The third-order valence-electron chi connectivity index (χ3n) is 4.62. The van der Waals surface area contributed by atoms with E-state index >= 15 is 0 Å². The summed E-state index contributed by atoms with van der Waals surface area (Å²) in [6.07, 6.45) is -0.945. The summed E-state index contributed by atoms with van der Waals surface area (Å²) in [6.45, 7) is 4.70. The smallest absolute Gasteiger partial charge is 0.350 e. The van der Waals surface area contributed by atoms with Gasteiger partial charge in [0.15, 0.2) is 0 Å². The normalized spacial score (nSPS) is 18.8. The van der Waals surface area contributed by atoms with E-state index in [0.29, 0.717) is 29.3 Å². The first kappa shape index (κ1) is 18.6. The fourth-order valence-corrected chi connectivity index (χ4v) is 3.15. The summed E-state index contributed by atoms with van der Waals surface area (Å²) in [7, 11) is 0. The molecule has 0 bridgehead atoms. The van der Waals surface area contributed by atoms with Crippen LogP contribution in [0.25, 0.3) is 11.1 Å². The molecule has 0 aliphatic carbocycles. The number of aryl methyl sites for hydroxylation is 1. The van der Waals surface area contributed by atoms with Crippen LogP contribution in [-0.2, 0) is 6.18 Å². The molecule has 140 valence electrons. The van der Waals surface area contributed by atoms with Crippen molar-refractivity contribution in [1.29, 1.82) is 0 Å². The van der Waals surface area contributed by atoms with Crippen LogP contribution in [0.2, 0.25) is 0 Å². The van der Waals surface area contributed by atoms with Crippen LogP contribution in [0.1, 0.15) is 31.0 Å². The number of nitrogens with zero attached hydrogens (tertiary/aromatic N) is 2. The van der Waals surface area contributed by atoms with Crippen LogP contribution in [0.4, 0.5) is 23.5 Å². The number of hydrogen-bond donors (Lipinski definition) is 2. The van der Waals surface area contributed by atoms with Crippen molar-refractivity contribution in [3.63, 3.8) is 0 Å². The Bertz CT molecular complexity index is 785. The number of nitrogens with one attached hydrogen (secondary N) is 2. The highest BCUT2D eigenvalue weighted by Crippen LogP contribution is 2.33. The summed E-state index contributed by atoms with van der Waals surface area (Å²) < 4.78 is 52.2. The van der Waals surface area contributed by atoms with Crippen LogP contribution < -0.4 is 10.6 Å². The lowest BCUT2D eigenvalue weighted by Crippen LogP contribution is -2.38. The maximum absolute atomic E-state index is 14.2. The Morgan fingerprint density at radius 2 is 2.04 bits per heavy atom. The minimum atomic E-state index is -4.58. The Kier molecular flexibility index (Phi) is 5.13. The molecule has 1 aromatic heterocycles. The van der Waals surface area contributed by atoms with Crippen LogP contribution >= 0.6 is 0 Å². The average molecular weight is 368 g/mol.